The average Bonchev–Trinajstić information content (AvgIpc) is 2.25. The van der Waals surface area contributed by atoms with Gasteiger partial charge in [-0.25, -0.2) is 0 Å². The van der Waals surface area contributed by atoms with Crippen molar-refractivity contribution in [2.24, 2.45) is 11.7 Å². The van der Waals surface area contributed by atoms with Gasteiger partial charge < -0.3 is 20.7 Å². The van der Waals surface area contributed by atoms with Crippen LogP contribution in [0.5, 0.6) is 11.5 Å². The molecule has 0 unspecified atom stereocenters. The summed E-state index contributed by atoms with van der Waals surface area (Å²) in [6.07, 6.45) is 0.295. The monoisotopic (exact) mass is 261 g/mol. The highest BCUT2D eigenvalue weighted by Gasteiger charge is 2.16. The Kier molecular flexibility index (Phi) is 6.38. The number of carboxylic acids is 1. The Hall–Kier alpha value is -1.46. The molecule has 0 bridgehead atoms. The fourth-order valence-corrected chi connectivity index (χ4v) is 1.42. The van der Waals surface area contributed by atoms with E-state index in [9.17, 15) is 9.90 Å². The van der Waals surface area contributed by atoms with Gasteiger partial charge in [0.05, 0.1) is 13.0 Å². The minimum atomic E-state index is -0.933. The maximum Gasteiger partial charge on any atom is 0.308 e. The summed E-state index contributed by atoms with van der Waals surface area (Å²) in [7, 11) is 1.45. The average molecular weight is 262 g/mol. The number of nitrogens with two attached hydrogens (primary N) is 1. The van der Waals surface area contributed by atoms with Crippen LogP contribution in [-0.4, -0.2) is 29.8 Å². The minimum absolute atomic E-state index is 0. The number of phenolic OH excluding ortho intramolecular Hbond substituents is 1. The molecule has 0 radical (unpaired) electrons. The fraction of sp³-hybridized carbons (Fsp3) is 0.364. The van der Waals surface area contributed by atoms with Crippen molar-refractivity contribution in [1.82, 2.24) is 0 Å². The van der Waals surface area contributed by atoms with Crippen LogP contribution in [0, 0.1) is 5.92 Å². The van der Waals surface area contributed by atoms with Crippen LogP contribution < -0.4 is 10.5 Å². The van der Waals surface area contributed by atoms with Crippen LogP contribution in [0.25, 0.3) is 0 Å². The van der Waals surface area contributed by atoms with Gasteiger partial charge in [0.2, 0.25) is 0 Å². The van der Waals surface area contributed by atoms with Crippen LogP contribution >= 0.6 is 12.4 Å². The molecule has 4 N–H and O–H groups in total. The van der Waals surface area contributed by atoms with E-state index >= 15 is 0 Å². The molecule has 0 fully saturated rings. The van der Waals surface area contributed by atoms with E-state index in [4.69, 9.17) is 15.6 Å². The van der Waals surface area contributed by atoms with Gasteiger partial charge in [-0.1, -0.05) is 6.07 Å². The number of methoxy groups -OCH3 is 1. The lowest BCUT2D eigenvalue weighted by atomic mass is 9.99. The molecule has 0 saturated carbocycles. The van der Waals surface area contributed by atoms with E-state index in [2.05, 4.69) is 0 Å². The Morgan fingerprint density at radius 2 is 2.18 bits per heavy atom. The van der Waals surface area contributed by atoms with Gasteiger partial charge in [0.1, 0.15) is 0 Å². The predicted octanol–water partition coefficient (Wildman–Crippen LogP) is 1.02. The smallest absolute Gasteiger partial charge is 0.308 e. The number of carboxylic acid groups (broad SMARTS) is 1. The van der Waals surface area contributed by atoms with Gasteiger partial charge in [0, 0.05) is 6.54 Å². The summed E-state index contributed by atoms with van der Waals surface area (Å²) in [5, 5.41) is 18.3. The van der Waals surface area contributed by atoms with Crippen molar-refractivity contribution in [2.75, 3.05) is 13.7 Å². The van der Waals surface area contributed by atoms with Crippen LogP contribution in [0.15, 0.2) is 18.2 Å². The van der Waals surface area contributed by atoms with Crippen molar-refractivity contribution in [3.05, 3.63) is 23.8 Å². The molecular formula is C11H16ClNO4. The molecule has 0 amide bonds. The zero-order valence-electron chi connectivity index (χ0n) is 9.42. The number of rotatable bonds is 5. The highest BCUT2D eigenvalue weighted by Crippen LogP contribution is 2.27. The van der Waals surface area contributed by atoms with E-state index in [1.54, 1.807) is 12.1 Å². The molecular weight excluding hydrogens is 246 g/mol. The quantitative estimate of drug-likeness (QED) is 0.736. The molecule has 0 aliphatic carbocycles. The van der Waals surface area contributed by atoms with Crippen LogP contribution in [0.1, 0.15) is 5.56 Å². The molecule has 1 aromatic rings. The van der Waals surface area contributed by atoms with Crippen molar-refractivity contribution in [3.63, 3.8) is 0 Å². The Balaban J connectivity index is 0.00000256. The molecule has 5 nitrogen and oxygen atoms in total. The highest BCUT2D eigenvalue weighted by atomic mass is 35.5. The molecule has 0 spiro atoms. The number of aliphatic carboxylic acids is 1. The molecule has 0 aliphatic heterocycles. The fourth-order valence-electron chi connectivity index (χ4n) is 1.42. The molecule has 0 aromatic heterocycles. The first-order chi connectivity index (χ1) is 7.58. The third kappa shape index (κ3) is 4.13. The van der Waals surface area contributed by atoms with E-state index in [0.29, 0.717) is 12.2 Å². The predicted molar refractivity (Wildman–Crippen MR) is 65.8 cm³/mol. The largest absolute Gasteiger partial charge is 0.504 e. The van der Waals surface area contributed by atoms with Crippen LogP contribution in [-0.2, 0) is 11.2 Å². The summed E-state index contributed by atoms with van der Waals surface area (Å²) in [4.78, 5) is 10.8. The lowest BCUT2D eigenvalue weighted by Gasteiger charge is -2.10. The van der Waals surface area contributed by atoms with Crippen molar-refractivity contribution in [1.29, 1.82) is 0 Å². The Morgan fingerprint density at radius 1 is 1.53 bits per heavy atom. The van der Waals surface area contributed by atoms with Crippen molar-refractivity contribution >= 4 is 18.4 Å². The van der Waals surface area contributed by atoms with Crippen molar-refractivity contribution in [3.8, 4) is 11.5 Å². The topological polar surface area (TPSA) is 92.8 Å². The molecule has 0 saturated heterocycles. The molecule has 1 atom stereocenters. The second-order valence-electron chi connectivity index (χ2n) is 3.48. The van der Waals surface area contributed by atoms with Gasteiger partial charge in [0.25, 0.3) is 0 Å². The Morgan fingerprint density at radius 3 is 2.59 bits per heavy atom. The number of benzene rings is 1. The number of phenols is 1. The number of halogens is 1. The van der Waals surface area contributed by atoms with E-state index in [-0.39, 0.29) is 24.7 Å². The first-order valence-corrected chi connectivity index (χ1v) is 4.87. The van der Waals surface area contributed by atoms with Crippen LogP contribution in [0.4, 0.5) is 0 Å². The van der Waals surface area contributed by atoms with E-state index in [1.165, 1.54) is 13.2 Å². The molecule has 1 aromatic carbocycles. The van der Waals surface area contributed by atoms with Gasteiger partial charge in [-0.2, -0.15) is 0 Å². The van der Waals surface area contributed by atoms with Gasteiger partial charge >= 0.3 is 5.97 Å². The van der Waals surface area contributed by atoms with Crippen LogP contribution in [0.2, 0.25) is 0 Å². The summed E-state index contributed by atoms with van der Waals surface area (Å²) in [6.45, 7) is 0.0716. The summed E-state index contributed by atoms with van der Waals surface area (Å²) >= 11 is 0. The highest BCUT2D eigenvalue weighted by molar-refractivity contribution is 5.85. The molecule has 0 aliphatic rings. The second-order valence-corrected chi connectivity index (χ2v) is 3.48. The summed E-state index contributed by atoms with van der Waals surface area (Å²) < 4.78 is 4.89. The molecule has 96 valence electrons. The standard InChI is InChI=1S/C11H15NO4.ClH/c1-16-10-3-2-7(5-9(10)13)4-8(6-12)11(14)15;/h2-3,5,8,13H,4,6,12H2,1H3,(H,14,15);1H/t8-;/m1./s1. The second kappa shape index (κ2) is 6.98. The first kappa shape index (κ1) is 15.5. The van der Waals surface area contributed by atoms with Gasteiger partial charge in [-0.15, -0.1) is 12.4 Å². The number of carbonyl (C=O) groups is 1. The third-order valence-corrected chi connectivity index (χ3v) is 2.36. The van der Waals surface area contributed by atoms with E-state index < -0.39 is 11.9 Å². The van der Waals surface area contributed by atoms with Gasteiger partial charge in [-0.3, -0.25) is 4.79 Å². The summed E-state index contributed by atoms with van der Waals surface area (Å²) in [5.74, 6) is -1.20. The summed E-state index contributed by atoms with van der Waals surface area (Å²) in [6, 6.07) is 4.80. The number of ether oxygens (including phenoxy) is 1. The van der Waals surface area contributed by atoms with Crippen molar-refractivity contribution < 1.29 is 19.7 Å². The Labute approximate surface area is 106 Å². The normalized spacial score (nSPS) is 11.4. The zero-order chi connectivity index (χ0) is 12.1. The number of aromatic hydroxyl groups is 1. The lowest BCUT2D eigenvalue weighted by molar-refractivity contribution is -0.141. The maximum absolute atomic E-state index is 10.8. The molecule has 6 heteroatoms. The van der Waals surface area contributed by atoms with E-state index in [0.717, 1.165) is 5.56 Å². The van der Waals surface area contributed by atoms with Crippen LogP contribution in [0.3, 0.4) is 0 Å². The van der Waals surface area contributed by atoms with Gasteiger partial charge in [-0.05, 0) is 24.1 Å². The first-order valence-electron chi connectivity index (χ1n) is 4.87. The molecule has 0 heterocycles. The minimum Gasteiger partial charge on any atom is -0.504 e. The zero-order valence-corrected chi connectivity index (χ0v) is 10.2. The third-order valence-electron chi connectivity index (χ3n) is 2.36. The van der Waals surface area contributed by atoms with E-state index in [1.807, 2.05) is 0 Å². The van der Waals surface area contributed by atoms with Gasteiger partial charge in [0.15, 0.2) is 11.5 Å². The lowest BCUT2D eigenvalue weighted by Crippen LogP contribution is -2.25. The SMILES string of the molecule is COc1ccc(C[C@H](CN)C(=O)O)cc1O.Cl. The number of hydrogen-bond acceptors (Lipinski definition) is 4. The summed E-state index contributed by atoms with van der Waals surface area (Å²) in [5.41, 5.74) is 6.07. The van der Waals surface area contributed by atoms with Crippen molar-refractivity contribution in [2.45, 2.75) is 6.42 Å². The maximum atomic E-state index is 10.8. The molecule has 17 heavy (non-hydrogen) atoms. The Bertz CT molecular complexity index is 384. The molecule has 1 rings (SSSR count). The number of hydrogen-bond donors (Lipinski definition) is 3.